The molecule has 0 saturated heterocycles. The Labute approximate surface area is 191 Å². The van der Waals surface area contributed by atoms with Crippen LogP contribution in [0.15, 0.2) is 64.2 Å². The second-order valence-corrected chi connectivity index (χ2v) is 8.96. The standard InChI is InChI=1S/C19H16BrClN4O5S/c1-29-19-9-17(22-11-23-19)25-31(27,28)14-5-3-13(4-6-14)24-18(26)10-30-16-7-2-12(21)8-15(16)20/h2-9,11H,10H2,1H3,(H,24,26)(H,22,23,25). The molecule has 2 N–H and O–H groups in total. The Morgan fingerprint density at radius 3 is 2.55 bits per heavy atom. The average molecular weight is 528 g/mol. The van der Waals surface area contributed by atoms with Gasteiger partial charge >= 0.3 is 0 Å². The fraction of sp³-hybridized carbons (Fsp3) is 0.105. The number of carbonyl (C=O) groups is 1. The molecule has 12 heteroatoms. The Morgan fingerprint density at radius 1 is 1.13 bits per heavy atom. The molecule has 1 amide bonds. The van der Waals surface area contributed by atoms with Crippen LogP contribution in [0.5, 0.6) is 11.6 Å². The van der Waals surface area contributed by atoms with Crippen LogP contribution in [-0.4, -0.2) is 38.0 Å². The van der Waals surface area contributed by atoms with E-state index in [1.165, 1.54) is 43.8 Å². The van der Waals surface area contributed by atoms with E-state index in [4.69, 9.17) is 21.1 Å². The van der Waals surface area contributed by atoms with Crippen molar-refractivity contribution in [1.82, 2.24) is 9.97 Å². The molecule has 0 aliphatic rings. The fourth-order valence-corrected chi connectivity index (χ4v) is 4.15. The molecule has 0 fully saturated rings. The van der Waals surface area contributed by atoms with Crippen LogP contribution in [0.25, 0.3) is 0 Å². The maximum Gasteiger partial charge on any atom is 0.263 e. The first-order valence-corrected chi connectivity index (χ1v) is 11.3. The third-order valence-corrected chi connectivity index (χ3v) is 6.02. The molecule has 9 nitrogen and oxygen atoms in total. The van der Waals surface area contributed by atoms with E-state index in [0.29, 0.717) is 20.9 Å². The Balaban J connectivity index is 1.60. The van der Waals surface area contributed by atoms with E-state index in [-0.39, 0.29) is 23.2 Å². The van der Waals surface area contributed by atoms with Crippen molar-refractivity contribution in [2.75, 3.05) is 23.8 Å². The second-order valence-electron chi connectivity index (χ2n) is 5.99. The number of nitrogens with one attached hydrogen (secondary N) is 2. The third-order valence-electron chi connectivity index (χ3n) is 3.79. The lowest BCUT2D eigenvalue weighted by atomic mass is 10.3. The predicted octanol–water partition coefficient (Wildman–Crippen LogP) is 3.72. The van der Waals surface area contributed by atoms with Crippen LogP contribution in [0.2, 0.25) is 5.02 Å². The van der Waals surface area contributed by atoms with Crippen LogP contribution in [-0.2, 0) is 14.8 Å². The molecule has 0 aliphatic heterocycles. The molecular formula is C19H16BrClN4O5S. The first-order chi connectivity index (χ1) is 14.8. The minimum atomic E-state index is -3.89. The van der Waals surface area contributed by atoms with E-state index >= 15 is 0 Å². The summed E-state index contributed by atoms with van der Waals surface area (Å²) in [5.74, 6) is 0.338. The van der Waals surface area contributed by atoms with Gasteiger partial charge in [0, 0.05) is 16.8 Å². The van der Waals surface area contributed by atoms with Gasteiger partial charge < -0.3 is 14.8 Å². The summed E-state index contributed by atoms with van der Waals surface area (Å²) in [5.41, 5.74) is 0.409. The van der Waals surface area contributed by atoms with Gasteiger partial charge in [0.2, 0.25) is 5.88 Å². The molecule has 1 aromatic heterocycles. The number of halogens is 2. The molecule has 3 aromatic rings. The zero-order valence-electron chi connectivity index (χ0n) is 16.0. The molecule has 0 unspecified atom stereocenters. The highest BCUT2D eigenvalue weighted by molar-refractivity contribution is 9.10. The largest absolute Gasteiger partial charge is 0.483 e. The number of nitrogens with zero attached hydrogens (tertiary/aromatic N) is 2. The van der Waals surface area contributed by atoms with E-state index in [9.17, 15) is 13.2 Å². The summed E-state index contributed by atoms with van der Waals surface area (Å²) >= 11 is 9.17. The number of anilines is 2. The molecule has 1 heterocycles. The maximum absolute atomic E-state index is 12.5. The van der Waals surface area contributed by atoms with Crippen LogP contribution >= 0.6 is 27.5 Å². The van der Waals surface area contributed by atoms with Crippen molar-refractivity contribution in [3.8, 4) is 11.6 Å². The van der Waals surface area contributed by atoms with Gasteiger partial charge in [0.25, 0.3) is 15.9 Å². The van der Waals surface area contributed by atoms with Crippen LogP contribution in [0.3, 0.4) is 0 Å². The summed E-state index contributed by atoms with van der Waals surface area (Å²) in [6, 6.07) is 11.9. The highest BCUT2D eigenvalue weighted by Crippen LogP contribution is 2.28. The molecule has 0 spiro atoms. The van der Waals surface area contributed by atoms with Gasteiger partial charge in [-0.2, -0.15) is 0 Å². The Hall–Kier alpha value is -2.89. The molecular weight excluding hydrogens is 512 g/mol. The van der Waals surface area contributed by atoms with Crippen molar-refractivity contribution in [3.63, 3.8) is 0 Å². The lowest BCUT2D eigenvalue weighted by Gasteiger charge is -2.10. The van der Waals surface area contributed by atoms with Gasteiger partial charge in [-0.05, 0) is 58.4 Å². The number of hydrogen-bond donors (Lipinski definition) is 2. The van der Waals surface area contributed by atoms with Gasteiger partial charge in [0.15, 0.2) is 6.61 Å². The topological polar surface area (TPSA) is 120 Å². The normalized spacial score (nSPS) is 10.9. The van der Waals surface area contributed by atoms with Crippen molar-refractivity contribution in [2.24, 2.45) is 0 Å². The van der Waals surface area contributed by atoms with Gasteiger partial charge in [-0.25, -0.2) is 18.4 Å². The second kappa shape index (κ2) is 9.94. The maximum atomic E-state index is 12.5. The number of aromatic nitrogens is 2. The van der Waals surface area contributed by atoms with Crippen LogP contribution in [0, 0.1) is 0 Å². The molecule has 162 valence electrons. The van der Waals surface area contributed by atoms with Gasteiger partial charge in [-0.1, -0.05) is 11.6 Å². The number of sulfonamides is 1. The number of amides is 1. The van der Waals surface area contributed by atoms with Gasteiger partial charge in [-0.3, -0.25) is 9.52 Å². The number of ether oxygens (including phenoxy) is 2. The first-order valence-electron chi connectivity index (χ1n) is 8.63. The number of benzene rings is 2. The monoisotopic (exact) mass is 526 g/mol. The minimum Gasteiger partial charge on any atom is -0.483 e. The van der Waals surface area contributed by atoms with E-state index < -0.39 is 15.9 Å². The number of rotatable bonds is 8. The summed E-state index contributed by atoms with van der Waals surface area (Å²) in [6.07, 6.45) is 1.18. The van der Waals surface area contributed by atoms with Crippen LogP contribution in [0.1, 0.15) is 0 Å². The summed E-state index contributed by atoms with van der Waals surface area (Å²) in [7, 11) is -2.48. The zero-order chi connectivity index (χ0) is 22.4. The summed E-state index contributed by atoms with van der Waals surface area (Å²) < 4.78 is 38.4. The van der Waals surface area contributed by atoms with Gasteiger partial charge in [0.05, 0.1) is 16.5 Å². The van der Waals surface area contributed by atoms with Crippen molar-refractivity contribution in [2.45, 2.75) is 4.90 Å². The first kappa shape index (κ1) is 22.8. The highest BCUT2D eigenvalue weighted by Gasteiger charge is 2.16. The molecule has 0 aliphatic carbocycles. The summed E-state index contributed by atoms with van der Waals surface area (Å²) in [4.78, 5) is 19.8. The van der Waals surface area contributed by atoms with E-state index in [2.05, 4.69) is 35.9 Å². The average Bonchev–Trinajstić information content (AvgIpc) is 2.73. The van der Waals surface area contributed by atoms with Gasteiger partial charge in [0.1, 0.15) is 17.9 Å². The highest BCUT2D eigenvalue weighted by atomic mass is 79.9. The predicted molar refractivity (Wildman–Crippen MR) is 119 cm³/mol. The molecule has 0 saturated carbocycles. The van der Waals surface area contributed by atoms with Crippen molar-refractivity contribution in [1.29, 1.82) is 0 Å². The number of methoxy groups -OCH3 is 1. The summed E-state index contributed by atoms with van der Waals surface area (Å²) in [6.45, 7) is -0.239. The Morgan fingerprint density at radius 2 is 1.87 bits per heavy atom. The molecule has 31 heavy (non-hydrogen) atoms. The third kappa shape index (κ3) is 6.29. The zero-order valence-corrected chi connectivity index (χ0v) is 19.2. The Bertz CT molecular complexity index is 1190. The lowest BCUT2D eigenvalue weighted by molar-refractivity contribution is -0.118. The van der Waals surface area contributed by atoms with Crippen LogP contribution < -0.4 is 19.5 Å². The summed E-state index contributed by atoms with van der Waals surface area (Å²) in [5, 5.41) is 3.16. The van der Waals surface area contributed by atoms with E-state index in [1.54, 1.807) is 18.2 Å². The molecule has 0 bridgehead atoms. The SMILES string of the molecule is COc1cc(NS(=O)(=O)c2ccc(NC(=O)COc3ccc(Cl)cc3Br)cc2)ncn1. The van der Waals surface area contributed by atoms with Gasteiger partial charge in [-0.15, -0.1) is 0 Å². The smallest absolute Gasteiger partial charge is 0.263 e. The van der Waals surface area contributed by atoms with E-state index in [0.717, 1.165) is 0 Å². The lowest BCUT2D eigenvalue weighted by Crippen LogP contribution is -2.20. The fourth-order valence-electron chi connectivity index (χ4n) is 2.35. The van der Waals surface area contributed by atoms with Crippen LogP contribution in [0.4, 0.5) is 11.5 Å². The molecule has 2 aromatic carbocycles. The molecule has 0 atom stereocenters. The van der Waals surface area contributed by atoms with Crippen molar-refractivity contribution in [3.05, 3.63) is 64.4 Å². The Kier molecular flexibility index (Phi) is 7.31. The van der Waals surface area contributed by atoms with Crippen molar-refractivity contribution < 1.29 is 22.7 Å². The quantitative estimate of drug-likeness (QED) is 0.458. The van der Waals surface area contributed by atoms with E-state index in [1.807, 2.05) is 0 Å². The number of hydrogen-bond acceptors (Lipinski definition) is 7. The number of carbonyl (C=O) groups excluding carboxylic acids is 1. The molecule has 0 radical (unpaired) electrons. The van der Waals surface area contributed by atoms with Crippen molar-refractivity contribution >= 4 is 55.0 Å². The molecule has 3 rings (SSSR count). The minimum absolute atomic E-state index is 0.00979.